The van der Waals surface area contributed by atoms with E-state index in [1.807, 2.05) is 20.8 Å². The summed E-state index contributed by atoms with van der Waals surface area (Å²) in [7, 11) is 1.54. The highest BCUT2D eigenvalue weighted by molar-refractivity contribution is 5.81. The summed E-state index contributed by atoms with van der Waals surface area (Å²) in [6.07, 6.45) is -1.02. The first-order valence-corrected chi connectivity index (χ1v) is 5.64. The fourth-order valence-corrected chi connectivity index (χ4v) is 1.46. The standard InChI is InChI=1S/C11H20N2O4/c1-11(2,3)17-10(15)13-5-6-16-8(7-13)9(14)12-4/h8H,5-7H2,1-4H3,(H,12,14)/t8-/m1/s1. The Morgan fingerprint density at radius 1 is 1.41 bits per heavy atom. The summed E-state index contributed by atoms with van der Waals surface area (Å²) < 4.78 is 10.5. The minimum atomic E-state index is -0.610. The summed E-state index contributed by atoms with van der Waals surface area (Å²) in [5.41, 5.74) is -0.530. The highest BCUT2D eigenvalue weighted by Gasteiger charge is 2.31. The molecular weight excluding hydrogens is 224 g/mol. The lowest BCUT2D eigenvalue weighted by molar-refractivity contribution is -0.137. The first-order valence-electron chi connectivity index (χ1n) is 5.64. The van der Waals surface area contributed by atoms with Crippen molar-refractivity contribution in [1.29, 1.82) is 0 Å². The van der Waals surface area contributed by atoms with Gasteiger partial charge in [0, 0.05) is 13.6 Å². The summed E-state index contributed by atoms with van der Waals surface area (Å²) in [5.74, 6) is -0.224. The molecule has 1 aliphatic rings. The molecule has 1 aliphatic heterocycles. The Morgan fingerprint density at radius 2 is 2.06 bits per heavy atom. The lowest BCUT2D eigenvalue weighted by Crippen LogP contribution is -2.52. The van der Waals surface area contributed by atoms with E-state index in [-0.39, 0.29) is 12.5 Å². The van der Waals surface area contributed by atoms with Gasteiger partial charge in [0.05, 0.1) is 13.2 Å². The first-order chi connectivity index (χ1) is 7.83. The Kier molecular flexibility index (Phi) is 4.34. The van der Waals surface area contributed by atoms with E-state index in [0.717, 1.165) is 0 Å². The minimum Gasteiger partial charge on any atom is -0.444 e. The second-order valence-corrected chi connectivity index (χ2v) is 4.90. The van der Waals surface area contributed by atoms with Crippen LogP contribution in [0.25, 0.3) is 0 Å². The minimum absolute atomic E-state index is 0.224. The van der Waals surface area contributed by atoms with Crippen molar-refractivity contribution in [2.24, 2.45) is 0 Å². The van der Waals surface area contributed by atoms with Crippen molar-refractivity contribution in [2.75, 3.05) is 26.7 Å². The molecule has 0 unspecified atom stereocenters. The predicted octanol–water partition coefficient (Wildman–Crippen LogP) is 0.368. The Morgan fingerprint density at radius 3 is 2.59 bits per heavy atom. The molecule has 6 heteroatoms. The van der Waals surface area contributed by atoms with E-state index in [4.69, 9.17) is 9.47 Å². The van der Waals surface area contributed by atoms with Crippen molar-refractivity contribution in [3.05, 3.63) is 0 Å². The number of nitrogens with zero attached hydrogens (tertiary/aromatic N) is 1. The van der Waals surface area contributed by atoms with E-state index in [2.05, 4.69) is 5.32 Å². The molecule has 0 radical (unpaired) electrons. The largest absolute Gasteiger partial charge is 0.444 e. The van der Waals surface area contributed by atoms with Gasteiger partial charge in [-0.2, -0.15) is 0 Å². The van der Waals surface area contributed by atoms with Crippen molar-refractivity contribution < 1.29 is 19.1 Å². The van der Waals surface area contributed by atoms with E-state index in [9.17, 15) is 9.59 Å². The van der Waals surface area contributed by atoms with Crippen LogP contribution in [-0.4, -0.2) is 55.3 Å². The van der Waals surface area contributed by atoms with Crippen LogP contribution in [0.5, 0.6) is 0 Å². The second-order valence-electron chi connectivity index (χ2n) is 4.90. The SMILES string of the molecule is CNC(=O)[C@H]1CN(C(=O)OC(C)(C)C)CCO1. The molecule has 0 bridgehead atoms. The number of nitrogens with one attached hydrogen (secondary N) is 1. The van der Waals surface area contributed by atoms with Crippen molar-refractivity contribution in [1.82, 2.24) is 10.2 Å². The van der Waals surface area contributed by atoms with Gasteiger partial charge >= 0.3 is 6.09 Å². The average Bonchev–Trinajstić information content (AvgIpc) is 2.26. The Labute approximate surface area is 101 Å². The maximum atomic E-state index is 11.8. The third kappa shape index (κ3) is 4.22. The molecule has 98 valence electrons. The number of ether oxygens (including phenoxy) is 2. The Hall–Kier alpha value is -1.30. The van der Waals surface area contributed by atoms with Crippen LogP contribution in [0.1, 0.15) is 20.8 Å². The van der Waals surface area contributed by atoms with E-state index >= 15 is 0 Å². The van der Waals surface area contributed by atoms with Gasteiger partial charge in [-0.15, -0.1) is 0 Å². The number of amides is 2. The lowest BCUT2D eigenvalue weighted by Gasteiger charge is -2.33. The fraction of sp³-hybridized carbons (Fsp3) is 0.818. The summed E-state index contributed by atoms with van der Waals surface area (Å²) in [5, 5.41) is 2.50. The van der Waals surface area contributed by atoms with Gasteiger partial charge in [-0.05, 0) is 20.8 Å². The molecular formula is C11H20N2O4. The van der Waals surface area contributed by atoms with Crippen molar-refractivity contribution in [2.45, 2.75) is 32.5 Å². The quantitative estimate of drug-likeness (QED) is 0.723. The molecule has 0 aromatic rings. The molecule has 6 nitrogen and oxygen atoms in total. The molecule has 0 aromatic carbocycles. The molecule has 2 amide bonds. The van der Waals surface area contributed by atoms with Crippen LogP contribution in [0, 0.1) is 0 Å². The van der Waals surface area contributed by atoms with E-state index in [0.29, 0.717) is 13.2 Å². The smallest absolute Gasteiger partial charge is 0.410 e. The molecule has 0 aliphatic carbocycles. The average molecular weight is 244 g/mol. The van der Waals surface area contributed by atoms with Crippen LogP contribution in [0.2, 0.25) is 0 Å². The van der Waals surface area contributed by atoms with Crippen LogP contribution in [0.15, 0.2) is 0 Å². The molecule has 1 saturated heterocycles. The lowest BCUT2D eigenvalue weighted by atomic mass is 10.2. The fourth-order valence-electron chi connectivity index (χ4n) is 1.46. The third-order valence-corrected chi connectivity index (χ3v) is 2.26. The number of carbonyl (C=O) groups excluding carboxylic acids is 2. The summed E-state index contributed by atoms with van der Waals surface area (Å²) in [6.45, 7) is 6.44. The molecule has 0 saturated carbocycles. The number of carbonyl (C=O) groups is 2. The second kappa shape index (κ2) is 5.35. The zero-order chi connectivity index (χ0) is 13.1. The number of morpholine rings is 1. The van der Waals surface area contributed by atoms with E-state index in [1.54, 1.807) is 0 Å². The van der Waals surface area contributed by atoms with E-state index in [1.165, 1.54) is 11.9 Å². The molecule has 1 atom stereocenters. The molecule has 0 spiro atoms. The third-order valence-electron chi connectivity index (χ3n) is 2.26. The normalized spacial score (nSPS) is 20.9. The van der Waals surface area contributed by atoms with Crippen molar-refractivity contribution >= 4 is 12.0 Å². The first kappa shape index (κ1) is 13.8. The summed E-state index contributed by atoms with van der Waals surface area (Å²) >= 11 is 0. The van der Waals surface area contributed by atoms with Gasteiger partial charge in [0.1, 0.15) is 5.60 Å². The molecule has 1 rings (SSSR count). The zero-order valence-corrected chi connectivity index (χ0v) is 10.8. The summed E-state index contributed by atoms with van der Waals surface area (Å²) in [6, 6.07) is 0. The maximum absolute atomic E-state index is 11.8. The van der Waals surface area contributed by atoms with Crippen LogP contribution in [-0.2, 0) is 14.3 Å². The molecule has 1 N–H and O–H groups in total. The van der Waals surface area contributed by atoms with Crippen LogP contribution in [0.4, 0.5) is 4.79 Å². The van der Waals surface area contributed by atoms with Crippen LogP contribution in [0.3, 0.4) is 0 Å². The summed E-state index contributed by atoms with van der Waals surface area (Å²) in [4.78, 5) is 24.7. The zero-order valence-electron chi connectivity index (χ0n) is 10.8. The number of rotatable bonds is 1. The highest BCUT2D eigenvalue weighted by Crippen LogP contribution is 2.13. The van der Waals surface area contributed by atoms with Gasteiger partial charge in [0.15, 0.2) is 6.10 Å². The van der Waals surface area contributed by atoms with Crippen molar-refractivity contribution in [3.63, 3.8) is 0 Å². The maximum Gasteiger partial charge on any atom is 0.410 e. The molecule has 17 heavy (non-hydrogen) atoms. The van der Waals surface area contributed by atoms with Gasteiger partial charge in [-0.1, -0.05) is 0 Å². The molecule has 1 fully saturated rings. The van der Waals surface area contributed by atoms with Gasteiger partial charge in [-0.3, -0.25) is 4.79 Å². The Bertz CT molecular complexity index is 298. The number of hydrogen-bond acceptors (Lipinski definition) is 4. The topological polar surface area (TPSA) is 67.9 Å². The van der Waals surface area contributed by atoms with Gasteiger partial charge in [0.2, 0.25) is 0 Å². The Balaban J connectivity index is 2.55. The molecule has 0 aromatic heterocycles. The number of likely N-dealkylation sites (N-methyl/N-ethyl adjacent to an activating group) is 1. The molecule has 1 heterocycles. The highest BCUT2D eigenvalue weighted by atomic mass is 16.6. The van der Waals surface area contributed by atoms with E-state index < -0.39 is 17.8 Å². The monoisotopic (exact) mass is 244 g/mol. The van der Waals surface area contributed by atoms with Crippen molar-refractivity contribution in [3.8, 4) is 0 Å². The van der Waals surface area contributed by atoms with Crippen LogP contribution >= 0.6 is 0 Å². The van der Waals surface area contributed by atoms with Crippen LogP contribution < -0.4 is 5.32 Å². The van der Waals surface area contributed by atoms with Gasteiger partial charge < -0.3 is 19.7 Å². The van der Waals surface area contributed by atoms with Gasteiger partial charge in [0.25, 0.3) is 5.91 Å². The van der Waals surface area contributed by atoms with Gasteiger partial charge in [-0.25, -0.2) is 4.79 Å². The predicted molar refractivity (Wildman–Crippen MR) is 61.6 cm³/mol. The number of hydrogen-bond donors (Lipinski definition) is 1.